The van der Waals surface area contributed by atoms with Gasteiger partial charge in [0, 0.05) is 56.3 Å². The number of rotatable bonds is 45. The van der Waals surface area contributed by atoms with Crippen LogP contribution in [0.25, 0.3) is 22.4 Å². The molecule has 3 rings (SSSR count). The van der Waals surface area contributed by atoms with Gasteiger partial charge in [-0.2, -0.15) is 46.3 Å². The van der Waals surface area contributed by atoms with Crippen molar-refractivity contribution in [1.29, 1.82) is 5.41 Å². The lowest BCUT2D eigenvalue weighted by Gasteiger charge is -2.26. The Morgan fingerprint density at radius 2 is 0.933 bits per heavy atom. The lowest BCUT2D eigenvalue weighted by molar-refractivity contribution is -0.133. The minimum absolute atomic E-state index is 0.0179. The molecule has 0 spiro atoms. The number of hydrogen-bond donors (Lipinski definition) is 13. The lowest BCUT2D eigenvalue weighted by Crippen LogP contribution is -2.61. The van der Waals surface area contributed by atoms with Crippen LogP contribution >= 0.6 is 12.6 Å². The van der Waals surface area contributed by atoms with Crippen molar-refractivity contribution in [2.75, 3.05) is 94.6 Å². The van der Waals surface area contributed by atoms with Gasteiger partial charge in [0.15, 0.2) is 0 Å². The molecule has 6 amide bonds. The van der Waals surface area contributed by atoms with Gasteiger partial charge in [0.05, 0.1) is 50.3 Å². The number of aromatic nitrogens is 1. The highest BCUT2D eigenvalue weighted by Gasteiger charge is 2.37. The van der Waals surface area contributed by atoms with Crippen LogP contribution in [0.15, 0.2) is 72.8 Å². The maximum atomic E-state index is 13.3. The van der Waals surface area contributed by atoms with Crippen molar-refractivity contribution in [1.82, 2.24) is 42.2 Å². The highest BCUT2D eigenvalue weighted by molar-refractivity contribution is 7.86. The van der Waals surface area contributed by atoms with Crippen molar-refractivity contribution < 1.29 is 99.6 Å². The average molecular weight is 1370 g/mol. The number of nitrogens with one attached hydrogen (secondary N) is 8. The van der Waals surface area contributed by atoms with E-state index in [2.05, 4.69) is 46.8 Å². The summed E-state index contributed by atoms with van der Waals surface area (Å²) in [5.41, 5.74) is 3.56. The van der Waals surface area contributed by atoms with E-state index < -0.39 is 123 Å². The molecule has 12 N–H and O–H groups in total. The van der Waals surface area contributed by atoms with Gasteiger partial charge in [-0.05, 0) is 62.1 Å². The first kappa shape index (κ1) is 77.8. The zero-order valence-electron chi connectivity index (χ0n) is 49.7. The zero-order valence-corrected chi connectivity index (χ0v) is 53.8. The van der Waals surface area contributed by atoms with Crippen molar-refractivity contribution in [3.05, 3.63) is 72.8 Å². The van der Waals surface area contributed by atoms with E-state index >= 15 is 0 Å². The largest absolute Gasteiger partial charge is 0.478 e. The van der Waals surface area contributed by atoms with Crippen molar-refractivity contribution >= 4 is 94.4 Å². The highest BCUT2D eigenvalue weighted by atomic mass is 32.2. The van der Waals surface area contributed by atoms with E-state index in [0.717, 1.165) is 41.6 Å². The van der Waals surface area contributed by atoms with E-state index in [0.29, 0.717) is 63.7 Å². The third-order valence-corrected chi connectivity index (χ3v) is 16.0. The van der Waals surface area contributed by atoms with Gasteiger partial charge < -0.3 is 56.2 Å². The van der Waals surface area contributed by atoms with Gasteiger partial charge in [0.2, 0.25) is 41.3 Å². The SMILES string of the molecule is CC(C)(CCCCOc1cc(-c2ccccc2)cc(-c2ccccc2)n1)C(=N)NCCCCC(=O)NCCCOCCOCCOCCCNC(=O)[C@H](CS(=O)(=O)O)NC(=O)[C@H](CS(=O)(=O)O)NC(=O)[C@H](CS(=O)(=O)O)NC(=O)[C@H](CS(=O)(=O)O)NC(=O)CS. The van der Waals surface area contributed by atoms with Crippen LogP contribution in [0.5, 0.6) is 5.88 Å². The van der Waals surface area contributed by atoms with Gasteiger partial charge in [-0.25, -0.2) is 4.98 Å². The fourth-order valence-corrected chi connectivity index (χ4v) is 10.9. The summed E-state index contributed by atoms with van der Waals surface area (Å²) in [5.74, 6) is -14.0. The summed E-state index contributed by atoms with van der Waals surface area (Å²) in [7, 11) is -20.7. The van der Waals surface area contributed by atoms with Gasteiger partial charge in [0.25, 0.3) is 40.5 Å². The topological polar surface area (TPSA) is 478 Å². The molecule has 0 bridgehead atoms. The first-order valence-corrected chi connectivity index (χ1v) is 35.3. The smallest absolute Gasteiger partial charge is 0.267 e. The molecule has 2 aromatic carbocycles. The molecule has 0 fully saturated rings. The van der Waals surface area contributed by atoms with Crippen LogP contribution in [-0.4, -0.2) is 217 Å². The standard InChI is InChI=1S/C54H81N9O22S5/c1-54(2,20-10-12-26-85-48-32-40(38-15-5-3-6-16-38)31-41(60-48)39-17-7-4-8-18-39)53(55)58-21-11-9-19-46(64)56-22-13-24-82-27-29-84-30-28-83-25-14-23-57-49(66)42(34-87(70,71)72)61-51(68)44(36-89(76,77)78)63-52(69)45(37-90(79,80)81)62-50(67)43(35-88(73,74)75)59-47(65)33-86/h3-8,15-18,31-32,42-45,86H,9-14,19-30,33-37H2,1-2H3,(H2,55,58)(H,56,64)(H,57,66)(H,59,65)(H,61,68)(H,62,67)(H,63,69)(H,70,71,72)(H,73,74,75)(H,76,77,78)(H,79,80,81)/t42-,43-,44-,45-/m0/s1. The molecule has 36 heteroatoms. The Balaban J connectivity index is 1.28. The number of hydrogen-bond acceptors (Lipinski definition) is 21. The van der Waals surface area contributed by atoms with Gasteiger partial charge >= 0.3 is 0 Å². The number of amides is 6. The average Bonchev–Trinajstić information content (AvgIpc) is 1.21. The summed E-state index contributed by atoms with van der Waals surface area (Å²) in [4.78, 5) is 81.4. The number of amidine groups is 1. The first-order chi connectivity index (χ1) is 42.2. The number of carbonyl (C=O) groups excluding carboxylic acids is 6. The molecule has 1 heterocycles. The van der Waals surface area contributed by atoms with Crippen LogP contribution in [0.4, 0.5) is 0 Å². The Morgan fingerprint density at radius 3 is 1.41 bits per heavy atom. The zero-order chi connectivity index (χ0) is 67.0. The summed E-state index contributed by atoms with van der Waals surface area (Å²) >= 11 is 3.63. The fraction of sp³-hybridized carbons (Fsp3) is 0.556. The number of ether oxygens (including phenoxy) is 4. The molecule has 0 aliphatic heterocycles. The van der Waals surface area contributed by atoms with Crippen molar-refractivity contribution in [3.63, 3.8) is 0 Å². The Hall–Kier alpha value is -6.45. The molecule has 0 radical (unpaired) electrons. The summed E-state index contributed by atoms with van der Waals surface area (Å²) in [6.45, 7) is 6.42. The number of carbonyl (C=O) groups is 6. The molecular formula is C54H81N9O22S5. The molecule has 0 saturated heterocycles. The van der Waals surface area contributed by atoms with Crippen LogP contribution in [0.1, 0.15) is 65.2 Å². The molecule has 90 heavy (non-hydrogen) atoms. The molecule has 1 aromatic heterocycles. The highest BCUT2D eigenvalue weighted by Crippen LogP contribution is 2.29. The van der Waals surface area contributed by atoms with Crippen LogP contribution in [0, 0.1) is 10.8 Å². The van der Waals surface area contributed by atoms with Crippen molar-refractivity contribution in [2.24, 2.45) is 5.41 Å². The monoisotopic (exact) mass is 1370 g/mol. The summed E-state index contributed by atoms with van der Waals surface area (Å²) in [6, 6.07) is 14.5. The molecule has 0 aliphatic rings. The number of pyridine rings is 1. The molecular weight excluding hydrogens is 1290 g/mol. The molecule has 0 unspecified atom stereocenters. The van der Waals surface area contributed by atoms with E-state index in [-0.39, 0.29) is 57.3 Å². The molecule has 504 valence electrons. The second-order valence-corrected chi connectivity index (χ2v) is 27.2. The number of unbranched alkanes of at least 4 members (excludes halogenated alkanes) is 2. The van der Waals surface area contributed by atoms with Crippen LogP contribution in [-0.2, 0) is 83.5 Å². The minimum atomic E-state index is -5.30. The summed E-state index contributed by atoms with van der Waals surface area (Å²) < 4.78 is 154. The van der Waals surface area contributed by atoms with Gasteiger partial charge in [-0.15, -0.1) is 0 Å². The lowest BCUT2D eigenvalue weighted by atomic mass is 9.85. The van der Waals surface area contributed by atoms with Gasteiger partial charge in [-0.1, -0.05) is 74.5 Å². The van der Waals surface area contributed by atoms with Gasteiger partial charge in [-0.3, -0.25) is 52.4 Å². The van der Waals surface area contributed by atoms with Crippen LogP contribution in [0.3, 0.4) is 0 Å². The number of benzene rings is 2. The van der Waals surface area contributed by atoms with E-state index in [9.17, 15) is 80.6 Å². The fourth-order valence-electron chi connectivity index (χ4n) is 8.14. The molecule has 31 nitrogen and oxygen atoms in total. The summed E-state index contributed by atoms with van der Waals surface area (Å²) in [6.07, 6.45) is 4.79. The van der Waals surface area contributed by atoms with Crippen LogP contribution < -0.4 is 42.0 Å². The van der Waals surface area contributed by atoms with E-state index in [1.54, 1.807) is 16.0 Å². The van der Waals surface area contributed by atoms with E-state index in [1.807, 2.05) is 73.8 Å². The second kappa shape index (κ2) is 39.1. The molecule has 3 aromatic rings. The minimum Gasteiger partial charge on any atom is -0.478 e. The van der Waals surface area contributed by atoms with E-state index in [1.165, 1.54) is 0 Å². The predicted molar refractivity (Wildman–Crippen MR) is 333 cm³/mol. The number of nitrogens with zero attached hydrogens (tertiary/aromatic N) is 1. The summed E-state index contributed by atoms with van der Waals surface area (Å²) in [5, 5.41) is 23.8. The Kier molecular flexibility index (Phi) is 33.8. The molecule has 0 aliphatic carbocycles. The molecule has 0 saturated carbocycles. The second-order valence-electron chi connectivity index (χ2n) is 20.9. The Bertz CT molecular complexity index is 3220. The predicted octanol–water partition coefficient (Wildman–Crippen LogP) is 0.211. The quantitative estimate of drug-likeness (QED) is 0.0118. The van der Waals surface area contributed by atoms with Crippen molar-refractivity contribution in [2.45, 2.75) is 89.4 Å². The maximum Gasteiger partial charge on any atom is 0.267 e. The van der Waals surface area contributed by atoms with Gasteiger partial charge in [0.1, 0.15) is 47.2 Å². The molecule has 4 atom stereocenters. The maximum absolute atomic E-state index is 13.3. The third-order valence-electron chi connectivity index (χ3n) is 12.7. The van der Waals surface area contributed by atoms with E-state index in [4.69, 9.17) is 29.3 Å². The normalized spacial score (nSPS) is 13.4. The van der Waals surface area contributed by atoms with Crippen molar-refractivity contribution in [3.8, 4) is 28.3 Å². The first-order valence-electron chi connectivity index (χ1n) is 28.2. The third kappa shape index (κ3) is 34.1. The Morgan fingerprint density at radius 1 is 0.500 bits per heavy atom. The Labute approximate surface area is 529 Å². The van der Waals surface area contributed by atoms with Crippen LogP contribution in [0.2, 0.25) is 0 Å². The number of thiol groups is 1.